The third kappa shape index (κ3) is 5.17. The number of halogens is 1. The lowest BCUT2D eigenvalue weighted by molar-refractivity contribution is -0.140. The summed E-state index contributed by atoms with van der Waals surface area (Å²) in [4.78, 5) is 27.3. The van der Waals surface area contributed by atoms with Gasteiger partial charge in [-0.05, 0) is 62.2 Å². The zero-order valence-corrected chi connectivity index (χ0v) is 19.4. The molecule has 6 nitrogen and oxygen atoms in total. The second kappa shape index (κ2) is 10.1. The predicted octanol–water partition coefficient (Wildman–Crippen LogP) is 4.69. The first-order valence-corrected chi connectivity index (χ1v) is 10.9. The number of aliphatic hydroxyl groups is 1. The monoisotopic (exact) mass is 487 g/mol. The van der Waals surface area contributed by atoms with Gasteiger partial charge in [0.1, 0.15) is 11.5 Å². The third-order valence-electron chi connectivity index (χ3n) is 4.95. The summed E-state index contributed by atoms with van der Waals surface area (Å²) in [5, 5.41) is 11.1. The van der Waals surface area contributed by atoms with Crippen LogP contribution in [0.3, 0.4) is 0 Å². The normalized spacial score (nSPS) is 18.1. The molecule has 1 fully saturated rings. The van der Waals surface area contributed by atoms with Gasteiger partial charge < -0.3 is 19.5 Å². The number of benzene rings is 2. The summed E-state index contributed by atoms with van der Waals surface area (Å²) in [5.41, 5.74) is 1.27. The maximum atomic E-state index is 13.0. The molecule has 3 rings (SSSR count). The van der Waals surface area contributed by atoms with E-state index in [1.807, 2.05) is 38.1 Å². The molecule has 7 heteroatoms. The van der Waals surface area contributed by atoms with E-state index in [4.69, 9.17) is 9.47 Å². The van der Waals surface area contributed by atoms with Crippen molar-refractivity contribution in [3.05, 3.63) is 69.7 Å². The lowest BCUT2D eigenvalue weighted by Gasteiger charge is -2.25. The average Bonchev–Trinajstić information content (AvgIpc) is 2.98. The molecule has 1 aliphatic rings. The number of Topliss-reactive ketones (excluding diaryl/α,β-unsaturated/α-hetero) is 1. The minimum Gasteiger partial charge on any atom is -0.507 e. The molecular weight excluding hydrogens is 462 g/mol. The molecule has 0 aromatic heterocycles. The van der Waals surface area contributed by atoms with Gasteiger partial charge in [-0.2, -0.15) is 0 Å². The Morgan fingerprint density at radius 3 is 2.48 bits per heavy atom. The Bertz CT molecular complexity index is 984. The first-order chi connectivity index (χ1) is 14.8. The molecule has 1 atom stereocenters. The lowest BCUT2D eigenvalue weighted by Crippen LogP contribution is -2.31. The van der Waals surface area contributed by atoms with Crippen LogP contribution in [-0.4, -0.2) is 48.1 Å². The van der Waals surface area contributed by atoms with Crippen LogP contribution in [0.2, 0.25) is 0 Å². The molecule has 0 unspecified atom stereocenters. The molecule has 164 valence electrons. The number of ether oxygens (including phenoxy) is 2. The topological polar surface area (TPSA) is 76.1 Å². The Hall–Kier alpha value is -2.64. The summed E-state index contributed by atoms with van der Waals surface area (Å²) < 4.78 is 11.6. The highest BCUT2D eigenvalue weighted by atomic mass is 79.9. The van der Waals surface area contributed by atoms with Crippen LogP contribution in [0.4, 0.5) is 0 Å². The molecule has 0 saturated carbocycles. The van der Waals surface area contributed by atoms with Crippen LogP contribution in [0, 0.1) is 0 Å². The van der Waals surface area contributed by atoms with E-state index in [1.165, 1.54) is 4.90 Å². The zero-order valence-electron chi connectivity index (χ0n) is 17.8. The molecule has 0 aliphatic carbocycles. The van der Waals surface area contributed by atoms with Crippen molar-refractivity contribution in [2.24, 2.45) is 0 Å². The fraction of sp³-hybridized carbons (Fsp3) is 0.333. The second-order valence-electron chi connectivity index (χ2n) is 7.58. The van der Waals surface area contributed by atoms with Crippen molar-refractivity contribution >= 4 is 33.4 Å². The summed E-state index contributed by atoms with van der Waals surface area (Å²) in [6, 6.07) is 13.6. The van der Waals surface area contributed by atoms with E-state index in [0.717, 1.165) is 10.0 Å². The molecule has 2 aromatic rings. The van der Waals surface area contributed by atoms with E-state index in [0.29, 0.717) is 30.9 Å². The number of aliphatic hydroxyl groups excluding tert-OH is 1. The summed E-state index contributed by atoms with van der Waals surface area (Å²) in [5.74, 6) is -0.853. The zero-order chi connectivity index (χ0) is 22.5. The van der Waals surface area contributed by atoms with E-state index in [9.17, 15) is 14.7 Å². The smallest absolute Gasteiger partial charge is 0.295 e. The SMILES string of the molecule is COCCCN1C(=O)C(=O)/C(=C(/O)c2ccc(OC(C)C)cc2)[C@@H]1c1cccc(Br)c1. The number of carbonyl (C=O) groups excluding carboxylic acids is 2. The largest absolute Gasteiger partial charge is 0.507 e. The van der Waals surface area contributed by atoms with Gasteiger partial charge in [0.05, 0.1) is 17.7 Å². The highest BCUT2D eigenvalue weighted by Crippen LogP contribution is 2.40. The fourth-order valence-corrected chi connectivity index (χ4v) is 4.05. The van der Waals surface area contributed by atoms with Crippen LogP contribution in [0.5, 0.6) is 5.75 Å². The number of rotatable bonds is 8. The van der Waals surface area contributed by atoms with Crippen LogP contribution in [0.1, 0.15) is 37.4 Å². The summed E-state index contributed by atoms with van der Waals surface area (Å²) >= 11 is 3.45. The quantitative estimate of drug-likeness (QED) is 0.253. The van der Waals surface area contributed by atoms with Gasteiger partial charge in [-0.15, -0.1) is 0 Å². The maximum absolute atomic E-state index is 13.0. The second-order valence-corrected chi connectivity index (χ2v) is 8.50. The maximum Gasteiger partial charge on any atom is 0.295 e. The van der Waals surface area contributed by atoms with Gasteiger partial charge in [-0.1, -0.05) is 28.1 Å². The molecule has 0 spiro atoms. The molecule has 0 bridgehead atoms. The number of hydrogen-bond acceptors (Lipinski definition) is 5. The first-order valence-electron chi connectivity index (χ1n) is 10.1. The van der Waals surface area contributed by atoms with Crippen LogP contribution in [-0.2, 0) is 14.3 Å². The Morgan fingerprint density at radius 1 is 1.16 bits per heavy atom. The molecule has 1 heterocycles. The van der Waals surface area contributed by atoms with E-state index >= 15 is 0 Å². The van der Waals surface area contributed by atoms with E-state index in [-0.39, 0.29) is 17.4 Å². The Labute approximate surface area is 190 Å². The molecule has 1 saturated heterocycles. The van der Waals surface area contributed by atoms with Crippen molar-refractivity contribution in [3.8, 4) is 5.75 Å². The van der Waals surface area contributed by atoms with E-state index in [2.05, 4.69) is 15.9 Å². The number of hydrogen-bond donors (Lipinski definition) is 1. The Balaban J connectivity index is 2.06. The van der Waals surface area contributed by atoms with Gasteiger partial charge in [-0.25, -0.2) is 0 Å². The molecular formula is C24H26BrNO5. The van der Waals surface area contributed by atoms with Gasteiger partial charge in [0.2, 0.25) is 0 Å². The van der Waals surface area contributed by atoms with Crippen molar-refractivity contribution in [1.29, 1.82) is 0 Å². The van der Waals surface area contributed by atoms with E-state index < -0.39 is 17.7 Å². The van der Waals surface area contributed by atoms with Crippen LogP contribution in [0.25, 0.3) is 5.76 Å². The Kier molecular flexibility index (Phi) is 7.51. The number of ketones is 1. The number of likely N-dealkylation sites (tertiary alicyclic amines) is 1. The molecule has 1 N–H and O–H groups in total. The fourth-order valence-electron chi connectivity index (χ4n) is 3.63. The molecule has 31 heavy (non-hydrogen) atoms. The first kappa shape index (κ1) is 23.0. The minimum absolute atomic E-state index is 0.0217. The van der Waals surface area contributed by atoms with Crippen molar-refractivity contribution in [3.63, 3.8) is 0 Å². The number of carbonyl (C=O) groups is 2. The number of nitrogens with zero attached hydrogens (tertiary/aromatic N) is 1. The van der Waals surface area contributed by atoms with Gasteiger partial charge in [0.25, 0.3) is 11.7 Å². The predicted molar refractivity (Wildman–Crippen MR) is 122 cm³/mol. The highest BCUT2D eigenvalue weighted by Gasteiger charge is 2.45. The van der Waals surface area contributed by atoms with Gasteiger partial charge in [-0.3, -0.25) is 9.59 Å². The molecule has 2 aromatic carbocycles. The molecule has 1 aliphatic heterocycles. The summed E-state index contributed by atoms with van der Waals surface area (Å²) in [6.45, 7) is 4.66. The molecule has 1 amide bonds. The summed E-state index contributed by atoms with van der Waals surface area (Å²) in [6.07, 6.45) is 0.600. The van der Waals surface area contributed by atoms with Crippen LogP contribution in [0.15, 0.2) is 58.6 Å². The highest BCUT2D eigenvalue weighted by molar-refractivity contribution is 9.10. The van der Waals surface area contributed by atoms with Gasteiger partial charge >= 0.3 is 0 Å². The van der Waals surface area contributed by atoms with Crippen LogP contribution < -0.4 is 4.74 Å². The summed E-state index contributed by atoms with van der Waals surface area (Å²) in [7, 11) is 1.59. The van der Waals surface area contributed by atoms with Crippen molar-refractivity contribution in [2.75, 3.05) is 20.3 Å². The molecule has 0 radical (unpaired) electrons. The van der Waals surface area contributed by atoms with E-state index in [1.54, 1.807) is 31.4 Å². The van der Waals surface area contributed by atoms with Crippen molar-refractivity contribution in [2.45, 2.75) is 32.4 Å². The lowest BCUT2D eigenvalue weighted by atomic mass is 9.95. The standard InChI is InChI=1S/C24H26BrNO5/c1-15(2)31-19-10-8-16(9-11-19)22(27)20-21(17-6-4-7-18(25)14-17)26(12-5-13-30-3)24(29)23(20)28/h4,6-11,14-15,21,27H,5,12-13H2,1-3H3/b22-20+/t21-/m0/s1. The average molecular weight is 488 g/mol. The van der Waals surface area contributed by atoms with Crippen molar-refractivity contribution < 1.29 is 24.2 Å². The van der Waals surface area contributed by atoms with Gasteiger partial charge in [0, 0.05) is 30.3 Å². The Morgan fingerprint density at radius 2 is 1.87 bits per heavy atom. The van der Waals surface area contributed by atoms with Crippen molar-refractivity contribution in [1.82, 2.24) is 4.90 Å². The minimum atomic E-state index is -0.692. The van der Waals surface area contributed by atoms with Gasteiger partial charge in [0.15, 0.2) is 0 Å². The third-order valence-corrected chi connectivity index (χ3v) is 5.44. The number of amides is 1. The van der Waals surface area contributed by atoms with Crippen LogP contribution >= 0.6 is 15.9 Å². The number of methoxy groups -OCH3 is 1.